The molecule has 0 atom stereocenters. The van der Waals surface area contributed by atoms with E-state index in [1.807, 2.05) is 42.8 Å². The van der Waals surface area contributed by atoms with Crippen LogP contribution in [0.1, 0.15) is 34.2 Å². The molecule has 8 aromatic rings. The highest BCUT2D eigenvalue weighted by Crippen LogP contribution is 2.42. The average Bonchev–Trinajstić information content (AvgIpc) is 3.62. The molecule has 19 nitrogen and oxygen atoms in total. The molecule has 2 aromatic heterocycles. The van der Waals surface area contributed by atoms with E-state index in [0.29, 0.717) is 86.4 Å². The smallest absolute Gasteiger partial charge is 0.416 e. The third-order valence-electron chi connectivity index (χ3n) is 12.2. The maximum atomic E-state index is 13.5. The fourth-order valence-electron chi connectivity index (χ4n) is 8.66. The fourth-order valence-corrected chi connectivity index (χ4v) is 9.21. The molecule has 26 heteroatoms. The maximum absolute atomic E-state index is 13.5. The van der Waals surface area contributed by atoms with Crippen LogP contribution in [0.3, 0.4) is 0 Å². The number of ether oxygens (including phenoxy) is 5. The molecule has 82 heavy (non-hydrogen) atoms. The van der Waals surface area contributed by atoms with Crippen LogP contribution in [0, 0.1) is 20.8 Å². The highest BCUT2D eigenvalue weighted by Gasteiger charge is 2.34. The van der Waals surface area contributed by atoms with Crippen molar-refractivity contribution in [2.24, 2.45) is 0 Å². The van der Waals surface area contributed by atoms with Gasteiger partial charge in [0.25, 0.3) is 0 Å². The molecular weight excluding hydrogens is 1100 g/mol. The summed E-state index contributed by atoms with van der Waals surface area (Å²) in [6.45, 7) is 9.47. The summed E-state index contributed by atoms with van der Waals surface area (Å²) in [5, 5.41) is 12.7. The largest absolute Gasteiger partial charge is 0.495 e. The van der Waals surface area contributed by atoms with E-state index in [1.165, 1.54) is 7.11 Å². The van der Waals surface area contributed by atoms with Crippen LogP contribution in [-0.4, -0.2) is 98.6 Å². The van der Waals surface area contributed by atoms with Crippen LogP contribution in [0.4, 0.5) is 64.4 Å². The van der Waals surface area contributed by atoms with Crippen LogP contribution in [0.2, 0.25) is 0 Å². The van der Waals surface area contributed by atoms with Crippen molar-refractivity contribution in [1.82, 2.24) is 24.8 Å². The van der Waals surface area contributed by atoms with Crippen molar-refractivity contribution in [2.45, 2.75) is 39.5 Å². The van der Waals surface area contributed by atoms with E-state index in [0.717, 1.165) is 75.8 Å². The van der Waals surface area contributed by atoms with Crippen LogP contribution < -0.4 is 44.9 Å². The molecule has 0 spiro atoms. The summed E-state index contributed by atoms with van der Waals surface area (Å²) in [6, 6.07) is 26.8. The van der Waals surface area contributed by atoms with Crippen molar-refractivity contribution in [3.05, 3.63) is 149 Å². The van der Waals surface area contributed by atoms with E-state index < -0.39 is 56.9 Å². The van der Waals surface area contributed by atoms with E-state index in [9.17, 15) is 44.3 Å². The van der Waals surface area contributed by atoms with Gasteiger partial charge in [0.1, 0.15) is 28.9 Å². The van der Waals surface area contributed by atoms with Gasteiger partial charge in [-0.2, -0.15) is 36.3 Å². The molecule has 1 aliphatic heterocycles. The minimum absolute atomic E-state index is 0.0937. The summed E-state index contributed by atoms with van der Waals surface area (Å²) in [5.41, 5.74) is -0.841. The molecule has 9 rings (SSSR count). The number of rotatable bonds is 15. The summed E-state index contributed by atoms with van der Waals surface area (Å²) < 4.78 is 134. The van der Waals surface area contributed by atoms with Crippen molar-refractivity contribution in [3.8, 4) is 34.8 Å². The van der Waals surface area contributed by atoms with E-state index in [-0.39, 0.29) is 17.2 Å². The first-order valence-corrected chi connectivity index (χ1v) is 26.9. The number of methoxy groups -OCH3 is 2. The lowest BCUT2D eigenvalue weighted by Crippen LogP contribution is -2.37. The Hall–Kier alpha value is -9.01. The number of urea groups is 2. The van der Waals surface area contributed by atoms with Gasteiger partial charge in [-0.25, -0.2) is 28.0 Å². The molecule has 4 amide bonds. The molecule has 1 aliphatic rings. The monoisotopic (exact) mass is 1160 g/mol. The average molecular weight is 1160 g/mol. The molecule has 1 fully saturated rings. The second-order valence-electron chi connectivity index (χ2n) is 18.4. The minimum Gasteiger partial charge on any atom is -0.495 e. The number of aromatic nitrogens is 4. The number of sulfonamides is 1. The predicted octanol–water partition coefficient (Wildman–Crippen LogP) is 12.4. The first-order chi connectivity index (χ1) is 38.9. The second-order valence-corrected chi connectivity index (χ2v) is 20.2. The van der Waals surface area contributed by atoms with Crippen LogP contribution >= 0.6 is 0 Å². The van der Waals surface area contributed by atoms with Gasteiger partial charge in [0, 0.05) is 71.1 Å². The number of aryl methyl sites for hydroxylation is 3. The lowest BCUT2D eigenvalue weighted by molar-refractivity contribution is -0.138. The summed E-state index contributed by atoms with van der Waals surface area (Å²) >= 11 is 0. The Labute approximate surface area is 466 Å². The van der Waals surface area contributed by atoms with Gasteiger partial charge >= 0.3 is 24.4 Å². The Bertz CT molecular complexity index is 3750. The Morgan fingerprint density at radius 2 is 1.06 bits per heavy atom. The number of hydrogen-bond donors (Lipinski definition) is 5. The summed E-state index contributed by atoms with van der Waals surface area (Å²) in [6.07, 6.45) is -7.96. The molecule has 0 bridgehead atoms. The lowest BCUT2D eigenvalue weighted by Gasteiger charge is -2.26. The highest BCUT2D eigenvalue weighted by atomic mass is 32.2. The highest BCUT2D eigenvalue weighted by molar-refractivity contribution is 7.92. The molecular formula is C56H54F6N10O9S. The van der Waals surface area contributed by atoms with Gasteiger partial charge in [0.05, 0.1) is 73.3 Å². The molecule has 430 valence electrons. The number of nitrogens with zero attached hydrogens (tertiary/aromatic N) is 5. The standard InChI is InChI=1S/C30H30F3N5O4.C26H24F3N5O5S/c1-19-17-28(37-27(34-19)11-12-38-13-15-41-16-14-38)42-25-10-8-23(21-5-3-4-6-22(21)25)35-29(39)36-24-18-20(30(31,32)33)7-9-26(24)40-2;1-14-11-23(31-15(2)30-14)39-22-10-9-19(17-7-5-6-8-18(17)22)32-25(35)33-20-12-16(26(27,28)29)13-21(24(20)38-3)34-40(4,36)37/h3-10,17-18H,11-16H2,1-2H3,(H2,35,36,39);5-13,34H,1-4H3,(H2,32,33,35). The molecule has 0 unspecified atom stereocenters. The SMILES string of the molecule is COc1c(NC(=O)Nc2ccc(Oc3cc(C)nc(C)n3)c3ccccc23)cc(C(F)(F)F)cc1NS(C)(=O)=O.COc1ccc(C(F)(F)F)cc1NC(=O)Nc1ccc(Oc2cc(C)nc(CCN3CCOCC3)n2)c2ccccc12. The van der Waals surface area contributed by atoms with Gasteiger partial charge in [-0.3, -0.25) is 9.62 Å². The molecule has 0 radical (unpaired) electrons. The zero-order valence-corrected chi connectivity index (χ0v) is 45.6. The Kier molecular flexibility index (Phi) is 18.2. The number of hydrogen-bond acceptors (Lipinski definition) is 14. The van der Waals surface area contributed by atoms with Crippen LogP contribution in [-0.2, 0) is 33.5 Å². The molecule has 3 heterocycles. The Morgan fingerprint density at radius 1 is 0.573 bits per heavy atom. The van der Waals surface area contributed by atoms with Crippen molar-refractivity contribution in [1.29, 1.82) is 0 Å². The second kappa shape index (κ2) is 25.2. The first-order valence-electron chi connectivity index (χ1n) is 25.0. The normalized spacial score (nSPS) is 12.9. The van der Waals surface area contributed by atoms with Gasteiger partial charge in [-0.05, 0) is 75.4 Å². The van der Waals surface area contributed by atoms with Gasteiger partial charge in [0.2, 0.25) is 21.8 Å². The third-order valence-corrected chi connectivity index (χ3v) is 12.8. The number of carbonyl (C=O) groups excluding carboxylic acids is 2. The number of fused-ring (bicyclic) bond motifs is 2. The van der Waals surface area contributed by atoms with E-state index in [2.05, 4.69) is 46.1 Å². The fraction of sp³-hybridized carbons (Fsp3) is 0.250. The molecule has 0 saturated carbocycles. The molecule has 1 saturated heterocycles. The van der Waals surface area contributed by atoms with E-state index in [4.69, 9.17) is 23.7 Å². The zero-order valence-electron chi connectivity index (χ0n) is 44.8. The number of alkyl halides is 6. The van der Waals surface area contributed by atoms with Crippen LogP contribution in [0.25, 0.3) is 21.5 Å². The number of morpholine rings is 1. The number of benzene rings is 6. The van der Waals surface area contributed by atoms with Crippen LogP contribution in [0.5, 0.6) is 34.8 Å². The number of halogens is 6. The topological polar surface area (TPSA) is 229 Å². The summed E-state index contributed by atoms with van der Waals surface area (Å²) in [7, 11) is -1.53. The maximum Gasteiger partial charge on any atom is 0.416 e. The van der Waals surface area contributed by atoms with Crippen LogP contribution in [0.15, 0.2) is 115 Å². The number of carbonyl (C=O) groups is 2. The first kappa shape index (κ1) is 59.1. The van der Waals surface area contributed by atoms with Crippen molar-refractivity contribution in [3.63, 3.8) is 0 Å². The van der Waals surface area contributed by atoms with Gasteiger partial charge in [-0.15, -0.1) is 0 Å². The minimum atomic E-state index is -4.83. The van der Waals surface area contributed by atoms with Crippen molar-refractivity contribution >= 4 is 72.1 Å². The van der Waals surface area contributed by atoms with Gasteiger partial charge < -0.3 is 45.0 Å². The Morgan fingerprint density at radius 3 is 1.59 bits per heavy atom. The molecule has 5 N–H and O–H groups in total. The zero-order chi connectivity index (χ0) is 58.9. The van der Waals surface area contributed by atoms with Gasteiger partial charge in [-0.1, -0.05) is 48.5 Å². The predicted molar refractivity (Wildman–Crippen MR) is 297 cm³/mol. The van der Waals surface area contributed by atoms with Gasteiger partial charge in [0.15, 0.2) is 5.75 Å². The molecule has 0 aliphatic carbocycles. The Balaban J connectivity index is 0.000000215. The summed E-state index contributed by atoms with van der Waals surface area (Å²) in [4.78, 5) is 45.8. The van der Waals surface area contributed by atoms with E-state index >= 15 is 0 Å². The van der Waals surface area contributed by atoms with Crippen molar-refractivity contribution < 1.29 is 68.0 Å². The number of anilines is 5. The number of amides is 4. The third kappa shape index (κ3) is 15.5. The van der Waals surface area contributed by atoms with Crippen molar-refractivity contribution in [2.75, 3.05) is 79.3 Å². The van der Waals surface area contributed by atoms with E-state index in [1.54, 1.807) is 67.6 Å². The quantitative estimate of drug-likeness (QED) is 0.0602. The molecule has 6 aromatic carbocycles. The summed E-state index contributed by atoms with van der Waals surface area (Å²) in [5.74, 6) is 2.72. The number of nitrogens with one attached hydrogen (secondary N) is 5. The lowest BCUT2D eigenvalue weighted by atomic mass is 10.1.